The number of hydrogen-bond donors (Lipinski definition) is 2. The molecule has 20 heavy (non-hydrogen) atoms. The van der Waals surface area contributed by atoms with Crippen LogP contribution in [-0.4, -0.2) is 23.2 Å². The first-order valence-electron chi connectivity index (χ1n) is 6.60. The molecule has 0 spiro atoms. The molecular weight excluding hydrogens is 258 g/mol. The van der Waals surface area contributed by atoms with Gasteiger partial charge in [-0.3, -0.25) is 4.79 Å². The molecule has 0 radical (unpaired) electrons. The summed E-state index contributed by atoms with van der Waals surface area (Å²) in [6.45, 7) is 4.11. The minimum atomic E-state index is -0.843. The van der Waals surface area contributed by atoms with Crippen molar-refractivity contribution in [1.82, 2.24) is 5.32 Å². The third kappa shape index (κ3) is 3.29. The highest BCUT2D eigenvalue weighted by atomic mass is 16.5. The van der Waals surface area contributed by atoms with Crippen LogP contribution < -0.4 is 5.32 Å². The average molecular weight is 277 g/mol. The zero-order chi connectivity index (χ0) is 14.8. The second kappa shape index (κ2) is 5.53. The summed E-state index contributed by atoms with van der Waals surface area (Å²) in [5.41, 5.74) is 0.726. The Bertz CT molecular complexity index is 498. The van der Waals surface area contributed by atoms with E-state index in [2.05, 4.69) is 5.32 Å². The molecule has 2 atom stereocenters. The first kappa shape index (κ1) is 14.4. The van der Waals surface area contributed by atoms with Crippen LogP contribution in [0.1, 0.15) is 25.8 Å². The Kier molecular flexibility index (Phi) is 3.97. The fourth-order valence-corrected chi connectivity index (χ4v) is 2.49. The van der Waals surface area contributed by atoms with Crippen molar-refractivity contribution in [3.63, 3.8) is 0 Å². The molecule has 5 heteroatoms. The monoisotopic (exact) mass is 277 g/mol. The molecule has 0 unspecified atom stereocenters. The predicted octanol–water partition coefficient (Wildman–Crippen LogP) is 2.41. The van der Waals surface area contributed by atoms with Gasteiger partial charge in [-0.15, -0.1) is 0 Å². The Balaban J connectivity index is 1.79. The minimum absolute atomic E-state index is 0.0377. The van der Waals surface area contributed by atoms with Crippen molar-refractivity contribution >= 4 is 12.1 Å². The number of carboxylic acid groups (broad SMARTS) is 1. The average Bonchev–Trinajstić information content (AvgIpc) is 2.88. The lowest BCUT2D eigenvalue weighted by Gasteiger charge is -2.08. The van der Waals surface area contributed by atoms with Gasteiger partial charge < -0.3 is 15.2 Å². The van der Waals surface area contributed by atoms with Crippen LogP contribution in [0, 0.1) is 11.3 Å². The minimum Gasteiger partial charge on any atom is -0.481 e. The number of hydrogen-bond acceptors (Lipinski definition) is 3. The van der Waals surface area contributed by atoms with E-state index in [1.807, 2.05) is 44.2 Å². The molecule has 1 fully saturated rings. The second-order valence-electron chi connectivity index (χ2n) is 5.71. The van der Waals surface area contributed by atoms with E-state index in [0.29, 0.717) is 0 Å². The smallest absolute Gasteiger partial charge is 0.407 e. The molecule has 1 aliphatic carbocycles. The van der Waals surface area contributed by atoms with Crippen LogP contribution in [0.15, 0.2) is 30.3 Å². The fourth-order valence-electron chi connectivity index (χ4n) is 2.49. The van der Waals surface area contributed by atoms with Crippen molar-refractivity contribution in [3.05, 3.63) is 35.9 Å². The number of carbonyl (C=O) groups excluding carboxylic acids is 1. The molecule has 5 nitrogen and oxygen atoms in total. The lowest BCUT2D eigenvalue weighted by atomic mass is 10.1. The Labute approximate surface area is 117 Å². The van der Waals surface area contributed by atoms with Gasteiger partial charge in [0.25, 0.3) is 0 Å². The van der Waals surface area contributed by atoms with Crippen molar-refractivity contribution in [1.29, 1.82) is 0 Å². The molecular formula is C15H19NO4. The first-order chi connectivity index (χ1) is 9.41. The van der Waals surface area contributed by atoms with Gasteiger partial charge in [0.1, 0.15) is 6.61 Å². The summed E-state index contributed by atoms with van der Waals surface area (Å²) in [6.07, 6.45) is -0.434. The van der Waals surface area contributed by atoms with Gasteiger partial charge in [0.05, 0.1) is 6.42 Å². The molecule has 0 aromatic heterocycles. The number of benzene rings is 1. The summed E-state index contributed by atoms with van der Waals surface area (Å²) in [7, 11) is 0. The highest BCUT2D eigenvalue weighted by Gasteiger charge is 2.59. The largest absolute Gasteiger partial charge is 0.481 e. The normalized spacial score (nSPS) is 22.9. The Morgan fingerprint density at radius 3 is 2.55 bits per heavy atom. The van der Waals surface area contributed by atoms with Crippen molar-refractivity contribution in [2.75, 3.05) is 0 Å². The topological polar surface area (TPSA) is 75.6 Å². The lowest BCUT2D eigenvalue weighted by molar-refractivity contribution is -0.137. The summed E-state index contributed by atoms with van der Waals surface area (Å²) in [4.78, 5) is 22.4. The molecule has 2 rings (SSSR count). The van der Waals surface area contributed by atoms with E-state index in [0.717, 1.165) is 5.56 Å². The van der Waals surface area contributed by atoms with Gasteiger partial charge >= 0.3 is 12.1 Å². The molecule has 108 valence electrons. The maximum atomic E-state index is 11.7. The van der Waals surface area contributed by atoms with E-state index in [4.69, 9.17) is 9.84 Å². The van der Waals surface area contributed by atoms with Crippen LogP contribution in [0.25, 0.3) is 0 Å². The number of carboxylic acids is 1. The Morgan fingerprint density at radius 2 is 1.95 bits per heavy atom. The third-order valence-electron chi connectivity index (χ3n) is 3.93. The molecule has 0 heterocycles. The Hall–Kier alpha value is -2.04. The van der Waals surface area contributed by atoms with E-state index in [1.54, 1.807) is 0 Å². The molecule has 1 amide bonds. The molecule has 1 saturated carbocycles. The van der Waals surface area contributed by atoms with Crippen LogP contribution in [0.2, 0.25) is 0 Å². The van der Waals surface area contributed by atoms with Crippen LogP contribution in [0.5, 0.6) is 0 Å². The van der Waals surface area contributed by atoms with Gasteiger partial charge in [0.15, 0.2) is 0 Å². The second-order valence-corrected chi connectivity index (χ2v) is 5.71. The lowest BCUT2D eigenvalue weighted by Crippen LogP contribution is -2.29. The van der Waals surface area contributed by atoms with Gasteiger partial charge in [-0.1, -0.05) is 44.2 Å². The highest BCUT2D eigenvalue weighted by Crippen LogP contribution is 2.53. The predicted molar refractivity (Wildman–Crippen MR) is 73.1 cm³/mol. The number of amides is 1. The van der Waals surface area contributed by atoms with Crippen LogP contribution in [-0.2, 0) is 16.1 Å². The molecule has 1 aliphatic rings. The van der Waals surface area contributed by atoms with E-state index in [1.165, 1.54) is 0 Å². The first-order valence-corrected chi connectivity index (χ1v) is 6.60. The van der Waals surface area contributed by atoms with Gasteiger partial charge in [0, 0.05) is 6.04 Å². The van der Waals surface area contributed by atoms with Crippen LogP contribution in [0.4, 0.5) is 4.79 Å². The van der Waals surface area contributed by atoms with Gasteiger partial charge in [-0.05, 0) is 16.9 Å². The number of alkyl carbamates (subject to hydrolysis) is 1. The van der Waals surface area contributed by atoms with Crippen molar-refractivity contribution < 1.29 is 19.4 Å². The Morgan fingerprint density at radius 1 is 1.30 bits per heavy atom. The zero-order valence-electron chi connectivity index (χ0n) is 11.6. The quantitative estimate of drug-likeness (QED) is 0.866. The standard InChI is InChI=1S/C15H19NO4/c1-15(2)11(8-12(17)18)13(15)16-14(19)20-9-10-6-4-3-5-7-10/h3-7,11,13H,8-9H2,1-2H3,(H,16,19)(H,17,18)/t11-,13+/m1/s1. The van der Waals surface area contributed by atoms with Gasteiger partial charge in [-0.25, -0.2) is 4.79 Å². The summed E-state index contributed by atoms with van der Waals surface area (Å²) < 4.78 is 5.13. The highest BCUT2D eigenvalue weighted by molar-refractivity contribution is 5.71. The summed E-state index contributed by atoms with van der Waals surface area (Å²) >= 11 is 0. The third-order valence-corrected chi connectivity index (χ3v) is 3.93. The van der Waals surface area contributed by atoms with Crippen LogP contribution in [0.3, 0.4) is 0 Å². The van der Waals surface area contributed by atoms with Crippen molar-refractivity contribution in [2.24, 2.45) is 11.3 Å². The number of ether oxygens (including phenoxy) is 1. The maximum absolute atomic E-state index is 11.7. The molecule has 0 aliphatic heterocycles. The van der Waals surface area contributed by atoms with Crippen LogP contribution >= 0.6 is 0 Å². The van der Waals surface area contributed by atoms with E-state index < -0.39 is 12.1 Å². The van der Waals surface area contributed by atoms with Crippen molar-refractivity contribution in [3.8, 4) is 0 Å². The number of carbonyl (C=O) groups is 2. The summed E-state index contributed by atoms with van der Waals surface area (Å²) in [5, 5.41) is 11.6. The maximum Gasteiger partial charge on any atom is 0.407 e. The van der Waals surface area contributed by atoms with E-state index in [-0.39, 0.29) is 30.4 Å². The molecule has 2 N–H and O–H groups in total. The van der Waals surface area contributed by atoms with E-state index in [9.17, 15) is 9.59 Å². The van der Waals surface area contributed by atoms with E-state index >= 15 is 0 Å². The summed E-state index contributed by atoms with van der Waals surface area (Å²) in [5.74, 6) is -0.880. The SMILES string of the molecule is CC1(C)[C@H](CC(=O)O)[C@@H]1NC(=O)OCc1ccccc1. The fraction of sp³-hybridized carbons (Fsp3) is 0.467. The number of rotatable bonds is 5. The van der Waals surface area contributed by atoms with Gasteiger partial charge in [0.2, 0.25) is 0 Å². The summed E-state index contributed by atoms with van der Waals surface area (Å²) in [6, 6.07) is 9.27. The molecule has 0 bridgehead atoms. The number of nitrogens with one attached hydrogen (secondary N) is 1. The molecule has 1 aromatic rings. The molecule has 0 saturated heterocycles. The number of aliphatic carboxylic acids is 1. The molecule has 1 aromatic carbocycles. The zero-order valence-corrected chi connectivity index (χ0v) is 11.6. The van der Waals surface area contributed by atoms with Crippen molar-refractivity contribution in [2.45, 2.75) is 32.9 Å². The van der Waals surface area contributed by atoms with Gasteiger partial charge in [-0.2, -0.15) is 0 Å².